The van der Waals surface area contributed by atoms with E-state index >= 15 is 0 Å². The number of anilines is 2. The number of rotatable bonds is 6. The summed E-state index contributed by atoms with van der Waals surface area (Å²) in [6.07, 6.45) is 4.48. The summed E-state index contributed by atoms with van der Waals surface area (Å²) in [4.78, 5) is 26.1. The van der Waals surface area contributed by atoms with Gasteiger partial charge in [0.25, 0.3) is 0 Å². The number of nitrogens with one attached hydrogen (secondary N) is 1. The van der Waals surface area contributed by atoms with Gasteiger partial charge in [0.1, 0.15) is 0 Å². The van der Waals surface area contributed by atoms with Crippen LogP contribution in [0.2, 0.25) is 0 Å². The number of aromatic nitrogens is 3. The summed E-state index contributed by atoms with van der Waals surface area (Å²) in [7, 11) is 1.20. The van der Waals surface area contributed by atoms with Crippen LogP contribution in [0.1, 0.15) is 15.9 Å². The van der Waals surface area contributed by atoms with E-state index in [9.17, 15) is 14.9 Å². The van der Waals surface area contributed by atoms with Gasteiger partial charge in [0.2, 0.25) is 5.82 Å². The molecule has 0 fully saturated rings. The van der Waals surface area contributed by atoms with Gasteiger partial charge in [-0.3, -0.25) is 14.8 Å². The zero-order chi connectivity index (χ0) is 18.5. The largest absolute Gasteiger partial charge is 0.465 e. The number of nitro groups is 1. The molecular formula is C17H15N5O4. The molecule has 9 heteroatoms. The average molecular weight is 353 g/mol. The predicted molar refractivity (Wildman–Crippen MR) is 93.3 cm³/mol. The summed E-state index contributed by atoms with van der Waals surface area (Å²) < 4.78 is 6.25. The van der Waals surface area contributed by atoms with Crippen molar-refractivity contribution in [2.24, 2.45) is 0 Å². The van der Waals surface area contributed by atoms with Crippen molar-refractivity contribution >= 4 is 23.2 Å². The van der Waals surface area contributed by atoms with Crippen LogP contribution in [0.15, 0.2) is 55.0 Å². The number of carbonyl (C=O) groups is 1. The first-order valence-corrected chi connectivity index (χ1v) is 7.63. The predicted octanol–water partition coefficient (Wildman–Crippen LogP) is 2.76. The molecule has 0 aliphatic carbocycles. The van der Waals surface area contributed by atoms with E-state index in [0.717, 1.165) is 11.6 Å². The Labute approximate surface area is 148 Å². The van der Waals surface area contributed by atoms with Crippen molar-refractivity contribution in [2.75, 3.05) is 12.4 Å². The normalized spacial score (nSPS) is 10.3. The number of pyridine rings is 1. The molecule has 0 bridgehead atoms. The Balaban J connectivity index is 1.80. The standard InChI is InChI=1S/C17H15N5O4/c1-26-17(23)13-7-15(22(24)25)16(18-8-13)20-14-9-19-21(11-14)10-12-5-3-2-4-6-12/h2-9,11H,10H2,1H3,(H,18,20). The summed E-state index contributed by atoms with van der Waals surface area (Å²) in [5, 5.41) is 18.4. The van der Waals surface area contributed by atoms with Gasteiger partial charge in [-0.05, 0) is 5.56 Å². The lowest BCUT2D eigenvalue weighted by molar-refractivity contribution is -0.384. The molecule has 0 aliphatic heterocycles. The van der Waals surface area contributed by atoms with Crippen LogP contribution >= 0.6 is 0 Å². The average Bonchev–Trinajstić information content (AvgIpc) is 3.09. The fourth-order valence-electron chi connectivity index (χ4n) is 2.34. The Kier molecular flexibility index (Phi) is 4.88. The summed E-state index contributed by atoms with van der Waals surface area (Å²) >= 11 is 0. The molecule has 2 heterocycles. The van der Waals surface area contributed by atoms with Crippen molar-refractivity contribution < 1.29 is 14.5 Å². The van der Waals surface area contributed by atoms with Gasteiger partial charge in [-0.15, -0.1) is 0 Å². The van der Waals surface area contributed by atoms with Gasteiger partial charge < -0.3 is 10.1 Å². The minimum atomic E-state index is -0.692. The summed E-state index contributed by atoms with van der Waals surface area (Å²) in [6.45, 7) is 0.569. The Bertz CT molecular complexity index is 939. The second-order valence-corrected chi connectivity index (χ2v) is 5.38. The van der Waals surface area contributed by atoms with Crippen LogP contribution in [-0.4, -0.2) is 32.8 Å². The Morgan fingerprint density at radius 3 is 2.77 bits per heavy atom. The van der Waals surface area contributed by atoms with Crippen LogP contribution in [0.25, 0.3) is 0 Å². The molecule has 0 saturated heterocycles. The maximum atomic E-state index is 11.5. The number of benzene rings is 1. The van der Waals surface area contributed by atoms with Crippen LogP contribution in [0, 0.1) is 10.1 Å². The smallest absolute Gasteiger partial charge is 0.339 e. The quantitative estimate of drug-likeness (QED) is 0.412. The number of ether oxygens (including phenoxy) is 1. The van der Waals surface area contributed by atoms with Gasteiger partial charge in [-0.25, -0.2) is 9.78 Å². The minimum absolute atomic E-state index is 0.00419. The molecule has 0 atom stereocenters. The third-order valence-electron chi connectivity index (χ3n) is 3.57. The number of hydrogen-bond acceptors (Lipinski definition) is 7. The molecule has 132 valence electrons. The first-order valence-electron chi connectivity index (χ1n) is 7.63. The zero-order valence-corrected chi connectivity index (χ0v) is 13.8. The summed E-state index contributed by atoms with van der Waals surface area (Å²) in [6, 6.07) is 10.9. The lowest BCUT2D eigenvalue weighted by Crippen LogP contribution is -2.06. The highest BCUT2D eigenvalue weighted by Crippen LogP contribution is 2.26. The Hall–Kier alpha value is -3.75. The molecule has 3 rings (SSSR count). The van der Waals surface area contributed by atoms with Crippen LogP contribution in [0.5, 0.6) is 0 Å². The molecule has 0 unspecified atom stereocenters. The monoisotopic (exact) mass is 353 g/mol. The molecule has 1 aromatic carbocycles. The number of nitrogens with zero attached hydrogens (tertiary/aromatic N) is 4. The Morgan fingerprint density at radius 2 is 2.08 bits per heavy atom. The molecule has 9 nitrogen and oxygen atoms in total. The van der Waals surface area contributed by atoms with Gasteiger partial charge in [0, 0.05) is 18.5 Å². The summed E-state index contributed by atoms with van der Waals surface area (Å²) in [5.74, 6) is -0.676. The summed E-state index contributed by atoms with van der Waals surface area (Å²) in [5.41, 5.74) is 1.30. The maximum absolute atomic E-state index is 11.5. The van der Waals surface area contributed by atoms with E-state index in [1.54, 1.807) is 17.1 Å². The minimum Gasteiger partial charge on any atom is -0.465 e. The third kappa shape index (κ3) is 3.83. The van der Waals surface area contributed by atoms with Crippen LogP contribution in [0.4, 0.5) is 17.2 Å². The molecule has 0 amide bonds. The van der Waals surface area contributed by atoms with E-state index in [0.29, 0.717) is 12.2 Å². The van der Waals surface area contributed by atoms with E-state index in [4.69, 9.17) is 0 Å². The van der Waals surface area contributed by atoms with Crippen molar-refractivity contribution in [3.63, 3.8) is 0 Å². The number of esters is 1. The molecule has 0 spiro atoms. The maximum Gasteiger partial charge on any atom is 0.339 e. The first kappa shape index (κ1) is 17.1. The molecule has 3 aromatic rings. The fraction of sp³-hybridized carbons (Fsp3) is 0.118. The second kappa shape index (κ2) is 7.43. The zero-order valence-electron chi connectivity index (χ0n) is 13.8. The van der Waals surface area contributed by atoms with Crippen molar-refractivity contribution in [3.05, 3.63) is 76.2 Å². The first-order chi connectivity index (χ1) is 12.6. The van der Waals surface area contributed by atoms with Gasteiger partial charge >= 0.3 is 11.7 Å². The van der Waals surface area contributed by atoms with Gasteiger partial charge in [-0.2, -0.15) is 5.10 Å². The highest BCUT2D eigenvalue weighted by molar-refractivity contribution is 5.90. The van der Waals surface area contributed by atoms with E-state index in [1.807, 2.05) is 30.3 Å². The molecule has 0 saturated carbocycles. The van der Waals surface area contributed by atoms with Crippen LogP contribution in [0.3, 0.4) is 0 Å². The lowest BCUT2D eigenvalue weighted by Gasteiger charge is -2.05. The van der Waals surface area contributed by atoms with E-state index in [2.05, 4.69) is 20.1 Å². The van der Waals surface area contributed by atoms with Gasteiger partial charge in [0.05, 0.1) is 36.0 Å². The van der Waals surface area contributed by atoms with Crippen LogP contribution in [-0.2, 0) is 11.3 Å². The molecule has 0 aliphatic rings. The highest BCUT2D eigenvalue weighted by Gasteiger charge is 2.20. The number of carbonyl (C=O) groups excluding carboxylic acids is 1. The van der Waals surface area contributed by atoms with E-state index in [-0.39, 0.29) is 17.1 Å². The second-order valence-electron chi connectivity index (χ2n) is 5.38. The van der Waals surface area contributed by atoms with Crippen LogP contribution < -0.4 is 5.32 Å². The molecule has 0 radical (unpaired) electrons. The van der Waals surface area contributed by atoms with Crippen molar-refractivity contribution in [3.8, 4) is 0 Å². The molecular weight excluding hydrogens is 338 g/mol. The van der Waals surface area contributed by atoms with E-state index in [1.165, 1.54) is 13.3 Å². The molecule has 1 N–H and O–H groups in total. The molecule has 26 heavy (non-hydrogen) atoms. The topological polar surface area (TPSA) is 112 Å². The molecule has 2 aromatic heterocycles. The highest BCUT2D eigenvalue weighted by atomic mass is 16.6. The van der Waals surface area contributed by atoms with Crippen molar-refractivity contribution in [1.82, 2.24) is 14.8 Å². The van der Waals surface area contributed by atoms with Gasteiger partial charge in [0.15, 0.2) is 0 Å². The Morgan fingerprint density at radius 1 is 1.31 bits per heavy atom. The third-order valence-corrected chi connectivity index (χ3v) is 3.57. The SMILES string of the molecule is COC(=O)c1cnc(Nc2cnn(Cc3ccccc3)c2)c([N+](=O)[O-])c1. The lowest BCUT2D eigenvalue weighted by atomic mass is 10.2. The fourth-order valence-corrected chi connectivity index (χ4v) is 2.34. The number of hydrogen-bond donors (Lipinski definition) is 1. The van der Waals surface area contributed by atoms with E-state index < -0.39 is 10.9 Å². The number of methoxy groups -OCH3 is 1. The van der Waals surface area contributed by atoms with Crippen molar-refractivity contribution in [2.45, 2.75) is 6.54 Å². The van der Waals surface area contributed by atoms with Crippen molar-refractivity contribution in [1.29, 1.82) is 0 Å². The van der Waals surface area contributed by atoms with Gasteiger partial charge in [-0.1, -0.05) is 30.3 Å².